The highest BCUT2D eigenvalue weighted by atomic mass is 16.5. The Kier molecular flexibility index (Phi) is 8.70. The maximum atomic E-state index is 13.4. The molecule has 4 fully saturated rings. The first kappa shape index (κ1) is 30.5. The Bertz CT molecular complexity index is 1550. The van der Waals surface area contributed by atoms with Crippen LogP contribution < -0.4 is 19.5 Å². The van der Waals surface area contributed by atoms with Crippen LogP contribution in [0.2, 0.25) is 0 Å². The van der Waals surface area contributed by atoms with Gasteiger partial charge in [-0.05, 0) is 109 Å². The van der Waals surface area contributed by atoms with Crippen molar-refractivity contribution in [2.24, 2.45) is 23.7 Å². The van der Waals surface area contributed by atoms with Crippen molar-refractivity contribution in [3.8, 4) is 17.2 Å². The van der Waals surface area contributed by atoms with Gasteiger partial charge in [-0.15, -0.1) is 0 Å². The molecule has 45 heavy (non-hydrogen) atoms. The SMILES string of the molecule is COC(=O)c1cccc(NC(=O)COc2ccc(C34CC5CC(C3)C(C(=O)OCc3ccc(OC)c(OC)c3)C(C5)C4)cc2)c1. The average Bonchev–Trinajstić information content (AvgIpc) is 3.05. The summed E-state index contributed by atoms with van der Waals surface area (Å²) in [6.07, 6.45) is 5.24. The van der Waals surface area contributed by atoms with E-state index in [2.05, 4.69) is 17.4 Å². The third-order valence-electron chi connectivity index (χ3n) is 9.78. The molecule has 0 aromatic heterocycles. The van der Waals surface area contributed by atoms with Crippen molar-refractivity contribution in [3.05, 3.63) is 83.4 Å². The van der Waals surface area contributed by atoms with Crippen LogP contribution in [0.3, 0.4) is 0 Å². The van der Waals surface area contributed by atoms with Crippen LogP contribution in [0.5, 0.6) is 17.2 Å². The fourth-order valence-electron chi connectivity index (χ4n) is 8.08. The van der Waals surface area contributed by atoms with Gasteiger partial charge in [0.25, 0.3) is 5.91 Å². The predicted molar refractivity (Wildman–Crippen MR) is 166 cm³/mol. The molecule has 236 valence electrons. The van der Waals surface area contributed by atoms with Gasteiger partial charge in [-0.3, -0.25) is 9.59 Å². The summed E-state index contributed by atoms with van der Waals surface area (Å²) in [5, 5.41) is 2.75. The predicted octanol–water partition coefficient (Wildman–Crippen LogP) is 5.95. The first-order valence-electron chi connectivity index (χ1n) is 15.4. The molecule has 1 amide bonds. The molecule has 7 rings (SSSR count). The fourth-order valence-corrected chi connectivity index (χ4v) is 8.08. The number of benzene rings is 3. The van der Waals surface area contributed by atoms with Crippen molar-refractivity contribution in [1.82, 2.24) is 0 Å². The number of nitrogens with one attached hydrogen (secondary N) is 1. The van der Waals surface area contributed by atoms with Crippen LogP contribution >= 0.6 is 0 Å². The normalized spacial score (nSPS) is 24.4. The van der Waals surface area contributed by atoms with E-state index < -0.39 is 5.97 Å². The lowest BCUT2D eigenvalue weighted by molar-refractivity contribution is -0.165. The van der Waals surface area contributed by atoms with Gasteiger partial charge < -0.3 is 29.0 Å². The molecule has 2 unspecified atom stereocenters. The van der Waals surface area contributed by atoms with Crippen LogP contribution in [0.1, 0.15) is 53.6 Å². The van der Waals surface area contributed by atoms with E-state index in [1.54, 1.807) is 38.5 Å². The lowest BCUT2D eigenvalue weighted by Gasteiger charge is -2.59. The summed E-state index contributed by atoms with van der Waals surface area (Å²) < 4.78 is 27.1. The average molecular weight is 614 g/mol. The van der Waals surface area contributed by atoms with Crippen molar-refractivity contribution in [2.75, 3.05) is 33.3 Å². The number of hydrogen-bond donors (Lipinski definition) is 1. The summed E-state index contributed by atoms with van der Waals surface area (Å²) in [5.74, 6) is 2.16. The lowest BCUT2D eigenvalue weighted by atomic mass is 9.45. The molecule has 4 saturated carbocycles. The highest BCUT2D eigenvalue weighted by Crippen LogP contribution is 2.63. The highest BCUT2D eigenvalue weighted by molar-refractivity contribution is 5.95. The summed E-state index contributed by atoms with van der Waals surface area (Å²) in [6, 6.07) is 20.2. The molecule has 0 saturated heterocycles. The Morgan fingerprint density at radius 2 is 1.58 bits per heavy atom. The molecule has 0 aliphatic heterocycles. The lowest BCUT2D eigenvalue weighted by Crippen LogP contribution is -2.55. The van der Waals surface area contributed by atoms with E-state index in [0.717, 1.165) is 37.7 Å². The van der Waals surface area contributed by atoms with Crippen molar-refractivity contribution in [3.63, 3.8) is 0 Å². The third-order valence-corrected chi connectivity index (χ3v) is 9.78. The van der Waals surface area contributed by atoms with E-state index in [0.29, 0.717) is 46.3 Å². The third kappa shape index (κ3) is 6.34. The van der Waals surface area contributed by atoms with Crippen molar-refractivity contribution >= 4 is 23.5 Å². The minimum atomic E-state index is -0.469. The smallest absolute Gasteiger partial charge is 0.337 e. The van der Waals surface area contributed by atoms with Gasteiger partial charge in [0.2, 0.25) is 0 Å². The summed E-state index contributed by atoms with van der Waals surface area (Å²) in [7, 11) is 4.50. The standard InChI is InChI=1S/C36H39NO8/c1-41-30-12-7-22(15-31(30)42-2)20-45-35(40)33-25-13-23-14-26(33)19-36(17-23,18-25)27-8-10-29(11-9-27)44-21-32(38)37-28-6-4-5-24(16-28)34(39)43-3/h4-12,15-16,23,25-26,33H,13-14,17-21H2,1-3H3,(H,37,38). The van der Waals surface area contributed by atoms with Gasteiger partial charge in [0.15, 0.2) is 18.1 Å². The number of methoxy groups -OCH3 is 3. The maximum Gasteiger partial charge on any atom is 0.337 e. The zero-order valence-corrected chi connectivity index (χ0v) is 25.9. The second kappa shape index (κ2) is 12.8. The van der Waals surface area contributed by atoms with Crippen LogP contribution in [-0.4, -0.2) is 45.8 Å². The number of hydrogen-bond acceptors (Lipinski definition) is 8. The molecule has 1 N–H and O–H groups in total. The van der Waals surface area contributed by atoms with Crippen LogP contribution in [0.4, 0.5) is 5.69 Å². The quantitative estimate of drug-likeness (QED) is 0.265. The molecule has 0 radical (unpaired) electrons. The fraction of sp³-hybridized carbons (Fsp3) is 0.417. The first-order chi connectivity index (χ1) is 21.8. The summed E-state index contributed by atoms with van der Waals surface area (Å²) in [4.78, 5) is 37.7. The molecule has 2 atom stereocenters. The summed E-state index contributed by atoms with van der Waals surface area (Å²) in [6.45, 7) is 0.0509. The zero-order valence-electron chi connectivity index (χ0n) is 25.9. The van der Waals surface area contributed by atoms with Gasteiger partial charge in [-0.2, -0.15) is 0 Å². The molecule has 9 nitrogen and oxygen atoms in total. The number of carbonyl (C=O) groups is 3. The molecule has 3 aromatic carbocycles. The van der Waals surface area contributed by atoms with Crippen molar-refractivity contribution < 1.29 is 38.1 Å². The van der Waals surface area contributed by atoms with Crippen LogP contribution in [0, 0.1) is 23.7 Å². The zero-order chi connectivity index (χ0) is 31.6. The van der Waals surface area contributed by atoms with Crippen LogP contribution in [-0.2, 0) is 31.1 Å². The van der Waals surface area contributed by atoms with E-state index in [1.807, 2.05) is 30.3 Å². The topological polar surface area (TPSA) is 109 Å². The van der Waals surface area contributed by atoms with E-state index in [4.69, 9.17) is 23.7 Å². The van der Waals surface area contributed by atoms with Crippen LogP contribution in [0.25, 0.3) is 0 Å². The Morgan fingerprint density at radius 3 is 2.27 bits per heavy atom. The Labute approximate surface area is 263 Å². The highest BCUT2D eigenvalue weighted by Gasteiger charge is 2.58. The summed E-state index contributed by atoms with van der Waals surface area (Å²) in [5.41, 5.74) is 3.04. The monoisotopic (exact) mass is 613 g/mol. The van der Waals surface area contributed by atoms with E-state index in [9.17, 15) is 14.4 Å². The molecule has 3 aromatic rings. The largest absolute Gasteiger partial charge is 0.493 e. The number of carbonyl (C=O) groups excluding carboxylic acids is 3. The molecule has 0 heterocycles. The molecule has 4 bridgehead atoms. The molecule has 0 spiro atoms. The number of esters is 2. The number of ether oxygens (including phenoxy) is 5. The van der Waals surface area contributed by atoms with Crippen LogP contribution in [0.15, 0.2) is 66.7 Å². The van der Waals surface area contributed by atoms with Gasteiger partial charge in [-0.25, -0.2) is 4.79 Å². The van der Waals surface area contributed by atoms with Gasteiger partial charge in [0.1, 0.15) is 12.4 Å². The number of anilines is 1. The molecular formula is C36H39NO8. The van der Waals surface area contributed by atoms with Gasteiger partial charge in [-0.1, -0.05) is 24.3 Å². The first-order valence-corrected chi connectivity index (χ1v) is 15.4. The van der Waals surface area contributed by atoms with Gasteiger partial charge in [0, 0.05) is 5.69 Å². The second-order valence-corrected chi connectivity index (χ2v) is 12.5. The maximum absolute atomic E-state index is 13.4. The van der Waals surface area contributed by atoms with Crippen molar-refractivity contribution in [1.29, 1.82) is 0 Å². The van der Waals surface area contributed by atoms with E-state index in [-0.39, 0.29) is 36.4 Å². The Balaban J connectivity index is 1.05. The Hall–Kier alpha value is -4.53. The molecule has 9 heteroatoms. The number of rotatable bonds is 11. The summed E-state index contributed by atoms with van der Waals surface area (Å²) >= 11 is 0. The number of amides is 1. The van der Waals surface area contributed by atoms with E-state index in [1.165, 1.54) is 12.7 Å². The second-order valence-electron chi connectivity index (χ2n) is 12.5. The minimum Gasteiger partial charge on any atom is -0.493 e. The molecule has 4 aliphatic rings. The molecular weight excluding hydrogens is 574 g/mol. The molecule has 4 aliphatic carbocycles. The van der Waals surface area contributed by atoms with Crippen molar-refractivity contribution in [2.45, 2.75) is 44.1 Å². The van der Waals surface area contributed by atoms with Gasteiger partial charge in [0.05, 0.1) is 32.8 Å². The minimum absolute atomic E-state index is 0.0528. The van der Waals surface area contributed by atoms with Gasteiger partial charge >= 0.3 is 11.9 Å². The Morgan fingerprint density at radius 1 is 0.844 bits per heavy atom. The van der Waals surface area contributed by atoms with E-state index >= 15 is 0 Å².